The molecule has 1 aliphatic heterocycles. The number of likely N-dealkylation sites (tertiary alicyclic amines) is 1. The van der Waals surface area contributed by atoms with Crippen molar-refractivity contribution in [2.24, 2.45) is 40.4 Å². The molecule has 55 heavy (non-hydrogen) atoms. The molecule has 310 valence electrons. The molecule has 4 N–H and O–H groups in total. The smallest absolute Gasteiger partial charge is 0.315 e. The van der Waals surface area contributed by atoms with Gasteiger partial charge in [-0.3, -0.25) is 19.2 Å². The average molecular weight is 788 g/mol. The predicted molar refractivity (Wildman–Crippen MR) is 213 cm³/mol. The van der Waals surface area contributed by atoms with Gasteiger partial charge in [-0.25, -0.2) is 13.2 Å². The highest BCUT2D eigenvalue weighted by molar-refractivity contribution is 7.92. The number of nitrogens with zero attached hydrogens (tertiary/aromatic N) is 1. The summed E-state index contributed by atoms with van der Waals surface area (Å²) in [4.78, 5) is 71.4. The summed E-state index contributed by atoms with van der Waals surface area (Å²) in [5.74, 6) is -1.41. The summed E-state index contributed by atoms with van der Waals surface area (Å²) in [6, 6.07) is -3.40. The van der Waals surface area contributed by atoms with E-state index >= 15 is 4.79 Å². The second kappa shape index (κ2) is 16.1. The number of sulfone groups is 1. The molecule has 5 aliphatic rings. The lowest BCUT2D eigenvalue weighted by Crippen LogP contribution is -2.65. The molecule has 5 fully saturated rings. The lowest BCUT2D eigenvalue weighted by atomic mass is 9.70. The van der Waals surface area contributed by atoms with E-state index in [0.29, 0.717) is 50.5 Å². The number of fused-ring (bicyclic) bond motifs is 1. The number of Topliss-reactive ketones (excluding diaryl/α,β-unsaturated/α-hetero) is 1. The Morgan fingerprint density at radius 1 is 0.909 bits per heavy atom. The molecule has 0 spiro atoms. The first-order valence-corrected chi connectivity index (χ1v) is 22.6. The Morgan fingerprint density at radius 2 is 1.53 bits per heavy atom. The molecule has 1 unspecified atom stereocenters. The SMILES string of the molecule is C=CCNC(=O)C(=O)C(CC1CC1)NC(=O)[C@@H]1[C@@H]2[C@H](CN1C(=O)[C@@H](NC(=O)NC1(CS(=O)(=O)C(C)(C)C)CCC(C(C)C)CC1)C1(C)CCCCC1)C2(C)C. The number of rotatable bonds is 15. The van der Waals surface area contributed by atoms with Crippen LogP contribution in [0, 0.1) is 40.4 Å². The third kappa shape index (κ3) is 9.44. The minimum absolute atomic E-state index is 0.0660. The van der Waals surface area contributed by atoms with Crippen molar-refractivity contribution in [2.75, 3.05) is 18.8 Å². The zero-order valence-corrected chi connectivity index (χ0v) is 35.5. The molecule has 12 nitrogen and oxygen atoms in total. The van der Waals surface area contributed by atoms with Gasteiger partial charge in [0.1, 0.15) is 12.1 Å². The molecular formula is C42H69N5O7S. The minimum atomic E-state index is -3.60. The number of urea groups is 1. The van der Waals surface area contributed by atoms with Crippen LogP contribution in [0.2, 0.25) is 0 Å². The van der Waals surface area contributed by atoms with Gasteiger partial charge in [-0.2, -0.15) is 0 Å². The number of ketones is 1. The van der Waals surface area contributed by atoms with E-state index in [1.165, 1.54) is 6.08 Å². The summed E-state index contributed by atoms with van der Waals surface area (Å²) in [6.07, 6.45) is 10.6. The predicted octanol–water partition coefficient (Wildman–Crippen LogP) is 5.06. The van der Waals surface area contributed by atoms with E-state index in [0.717, 1.165) is 44.9 Å². The fourth-order valence-electron chi connectivity index (χ4n) is 9.90. The Labute approximate surface area is 329 Å². The fraction of sp³-hybridized carbons (Fsp3) is 0.833. The third-order valence-corrected chi connectivity index (χ3v) is 17.0. The fourth-order valence-corrected chi connectivity index (χ4v) is 11.4. The zero-order valence-electron chi connectivity index (χ0n) is 34.7. The van der Waals surface area contributed by atoms with Crippen molar-refractivity contribution in [1.82, 2.24) is 26.2 Å². The van der Waals surface area contributed by atoms with Crippen LogP contribution >= 0.6 is 0 Å². The number of nitrogens with one attached hydrogen (secondary N) is 4. The van der Waals surface area contributed by atoms with Gasteiger partial charge in [-0.15, -0.1) is 6.58 Å². The van der Waals surface area contributed by atoms with Crippen molar-refractivity contribution in [3.8, 4) is 0 Å². The first-order valence-electron chi connectivity index (χ1n) is 20.9. The van der Waals surface area contributed by atoms with Crippen LogP contribution in [-0.2, 0) is 29.0 Å². The first kappa shape index (κ1) is 43.2. The lowest BCUT2D eigenvalue weighted by molar-refractivity contribution is -0.146. The van der Waals surface area contributed by atoms with Crippen LogP contribution < -0.4 is 21.3 Å². The van der Waals surface area contributed by atoms with Crippen molar-refractivity contribution in [3.63, 3.8) is 0 Å². The van der Waals surface area contributed by atoms with E-state index in [-0.39, 0.29) is 41.4 Å². The molecule has 1 saturated heterocycles. The largest absolute Gasteiger partial charge is 0.346 e. The van der Waals surface area contributed by atoms with E-state index in [1.807, 2.05) is 6.92 Å². The molecule has 5 atom stereocenters. The van der Waals surface area contributed by atoms with Crippen LogP contribution in [0.25, 0.3) is 0 Å². The summed E-state index contributed by atoms with van der Waals surface area (Å²) in [7, 11) is -3.60. The van der Waals surface area contributed by atoms with Crippen molar-refractivity contribution in [3.05, 3.63) is 12.7 Å². The Kier molecular flexibility index (Phi) is 12.7. The molecule has 4 saturated carbocycles. The van der Waals surface area contributed by atoms with Gasteiger partial charge in [0, 0.05) is 13.1 Å². The molecular weight excluding hydrogens is 719 g/mol. The maximum Gasteiger partial charge on any atom is 0.315 e. The Balaban J connectivity index is 1.41. The van der Waals surface area contributed by atoms with Gasteiger partial charge in [0.15, 0.2) is 9.84 Å². The Morgan fingerprint density at radius 3 is 2.07 bits per heavy atom. The van der Waals surface area contributed by atoms with Gasteiger partial charge in [0.25, 0.3) is 5.91 Å². The maximum absolute atomic E-state index is 15.0. The van der Waals surface area contributed by atoms with E-state index in [4.69, 9.17) is 0 Å². The standard InChI is InChI=1S/C42H69N5O7S/c1-10-22-43-36(50)33(48)30(23-27-14-15-27)44-35(49)32-31-29(40(31,7)8)24-47(32)37(51)34(41(9)18-12-11-13-19-41)45-38(52)46-42(25-55(53,54)39(4,5)6)20-16-28(17-21-42)26(2)3/h10,26-32,34H,1,11-25H2,2-9H3,(H,43,50)(H,44,49)(H2,45,46,52)/t28?,29-,30?,31-,32-,34+,42?/m0/s1. The summed E-state index contributed by atoms with van der Waals surface area (Å²) >= 11 is 0. The van der Waals surface area contributed by atoms with Crippen LogP contribution in [0.4, 0.5) is 4.79 Å². The van der Waals surface area contributed by atoms with Gasteiger partial charge in [0.05, 0.1) is 22.1 Å². The van der Waals surface area contributed by atoms with E-state index in [2.05, 4.69) is 55.5 Å². The Bertz CT molecular complexity index is 1600. The summed E-state index contributed by atoms with van der Waals surface area (Å²) in [5, 5.41) is 11.7. The van der Waals surface area contributed by atoms with Crippen LogP contribution in [0.5, 0.6) is 0 Å². The van der Waals surface area contributed by atoms with Crippen molar-refractivity contribution >= 4 is 39.4 Å². The van der Waals surface area contributed by atoms with Crippen molar-refractivity contribution in [2.45, 2.75) is 161 Å². The van der Waals surface area contributed by atoms with E-state index < -0.39 is 67.3 Å². The molecule has 0 aromatic rings. The summed E-state index contributed by atoms with van der Waals surface area (Å²) in [6.45, 7) is 19.7. The monoisotopic (exact) mass is 787 g/mol. The van der Waals surface area contributed by atoms with Crippen LogP contribution in [0.15, 0.2) is 12.7 Å². The Hall–Kier alpha value is -2.96. The highest BCUT2D eigenvalue weighted by Gasteiger charge is 2.70. The molecule has 13 heteroatoms. The minimum Gasteiger partial charge on any atom is -0.346 e. The average Bonchev–Trinajstić information content (AvgIpc) is 3.95. The molecule has 5 rings (SSSR count). The quantitative estimate of drug-likeness (QED) is 0.133. The number of hydrogen-bond acceptors (Lipinski definition) is 7. The summed E-state index contributed by atoms with van der Waals surface area (Å²) < 4.78 is 26.3. The van der Waals surface area contributed by atoms with E-state index in [9.17, 15) is 27.6 Å². The molecule has 0 aromatic carbocycles. The van der Waals surface area contributed by atoms with Gasteiger partial charge in [-0.05, 0) is 106 Å². The second-order valence-corrected chi connectivity index (χ2v) is 22.7. The first-order chi connectivity index (χ1) is 25.6. The van der Waals surface area contributed by atoms with Gasteiger partial charge < -0.3 is 26.2 Å². The number of hydrogen-bond donors (Lipinski definition) is 4. The lowest BCUT2D eigenvalue weighted by Gasteiger charge is -2.45. The molecule has 1 heterocycles. The normalized spacial score (nSPS) is 29.7. The molecule has 5 amide bonds. The van der Waals surface area contributed by atoms with Gasteiger partial charge >= 0.3 is 6.03 Å². The molecule has 0 radical (unpaired) electrons. The number of carbonyl (C=O) groups excluding carboxylic acids is 5. The van der Waals surface area contributed by atoms with Gasteiger partial charge in [0.2, 0.25) is 17.6 Å². The molecule has 0 aromatic heterocycles. The van der Waals surface area contributed by atoms with Crippen molar-refractivity contribution in [1.29, 1.82) is 0 Å². The van der Waals surface area contributed by atoms with Crippen LogP contribution in [-0.4, -0.2) is 90.1 Å². The molecule has 0 bridgehead atoms. The number of amides is 5. The zero-order chi connectivity index (χ0) is 40.7. The maximum atomic E-state index is 15.0. The number of piperidine rings is 1. The second-order valence-electron chi connectivity index (χ2n) is 20.0. The topological polar surface area (TPSA) is 171 Å². The van der Waals surface area contributed by atoms with E-state index in [1.54, 1.807) is 25.7 Å². The number of carbonyl (C=O) groups is 5. The molecule has 4 aliphatic carbocycles. The summed E-state index contributed by atoms with van der Waals surface area (Å²) in [5.41, 5.74) is -1.78. The highest BCUT2D eigenvalue weighted by atomic mass is 32.2. The van der Waals surface area contributed by atoms with Crippen LogP contribution in [0.3, 0.4) is 0 Å². The highest BCUT2D eigenvalue weighted by Crippen LogP contribution is 2.65. The van der Waals surface area contributed by atoms with Gasteiger partial charge in [-0.1, -0.05) is 72.8 Å². The van der Waals surface area contributed by atoms with Crippen LogP contribution in [0.1, 0.15) is 132 Å². The third-order valence-electron chi connectivity index (χ3n) is 14.2. The van der Waals surface area contributed by atoms with Crippen molar-refractivity contribution < 1.29 is 32.4 Å².